The molecule has 1 aliphatic rings. The second-order valence-corrected chi connectivity index (χ2v) is 5.66. The molecule has 1 aromatic carbocycles. The Morgan fingerprint density at radius 1 is 1.23 bits per heavy atom. The summed E-state index contributed by atoms with van der Waals surface area (Å²) < 4.78 is 16.6. The highest BCUT2D eigenvalue weighted by atomic mass is 79.9. The smallest absolute Gasteiger partial charge is 0.268 e. The van der Waals surface area contributed by atoms with Gasteiger partial charge in [-0.3, -0.25) is 4.79 Å². The van der Waals surface area contributed by atoms with Crippen molar-refractivity contribution >= 4 is 32.9 Å². The number of furan rings is 1. The number of carbonyl (C=O) groups is 1. The number of hydrogen-bond donors (Lipinski definition) is 2. The highest BCUT2D eigenvalue weighted by Gasteiger charge is 2.15. The van der Waals surface area contributed by atoms with E-state index in [9.17, 15) is 4.79 Å². The summed E-state index contributed by atoms with van der Waals surface area (Å²) in [6.45, 7) is 0.641. The molecule has 22 heavy (non-hydrogen) atoms. The Morgan fingerprint density at radius 3 is 2.95 bits per heavy atom. The third-order valence-electron chi connectivity index (χ3n) is 3.41. The molecule has 1 amide bonds. The fourth-order valence-electron chi connectivity index (χ4n) is 2.34. The van der Waals surface area contributed by atoms with E-state index in [1.54, 1.807) is 12.1 Å². The Hall–Kier alpha value is -2.41. The number of halogens is 1. The lowest BCUT2D eigenvalue weighted by Crippen LogP contribution is -2.23. The Bertz CT molecular complexity index is 836. The van der Waals surface area contributed by atoms with Crippen LogP contribution in [0.25, 0.3) is 11.1 Å². The van der Waals surface area contributed by atoms with Crippen molar-refractivity contribution < 1.29 is 18.7 Å². The van der Waals surface area contributed by atoms with E-state index >= 15 is 0 Å². The summed E-state index contributed by atoms with van der Waals surface area (Å²) in [5.74, 6) is 1.24. The second kappa shape index (κ2) is 5.10. The predicted molar refractivity (Wildman–Crippen MR) is 82.0 cm³/mol. The van der Waals surface area contributed by atoms with Gasteiger partial charge in [-0.15, -0.1) is 0 Å². The van der Waals surface area contributed by atoms with E-state index in [0.717, 1.165) is 16.8 Å². The number of amides is 1. The topological polar surface area (TPSA) is 76.5 Å². The van der Waals surface area contributed by atoms with E-state index in [2.05, 4.69) is 26.2 Å². The minimum atomic E-state index is -0.194. The first-order chi connectivity index (χ1) is 10.7. The molecule has 0 spiro atoms. The monoisotopic (exact) mass is 362 g/mol. The zero-order valence-corrected chi connectivity index (χ0v) is 12.9. The molecule has 1 aliphatic heterocycles. The van der Waals surface area contributed by atoms with Crippen LogP contribution < -0.4 is 14.8 Å². The van der Waals surface area contributed by atoms with Crippen LogP contribution in [0.3, 0.4) is 0 Å². The average Bonchev–Trinajstić information content (AvgIpc) is 3.17. The van der Waals surface area contributed by atoms with E-state index in [1.165, 1.54) is 0 Å². The Morgan fingerprint density at radius 2 is 2.09 bits per heavy atom. The molecule has 2 N–H and O–H groups in total. The van der Waals surface area contributed by atoms with Gasteiger partial charge in [0.15, 0.2) is 21.8 Å². The maximum atomic E-state index is 12.2. The van der Waals surface area contributed by atoms with Crippen LogP contribution in [0.4, 0.5) is 0 Å². The summed E-state index contributed by atoms with van der Waals surface area (Å²) in [5, 5.41) is 2.85. The maximum Gasteiger partial charge on any atom is 0.268 e. The largest absolute Gasteiger partial charge is 0.454 e. The number of aromatic amines is 1. The van der Waals surface area contributed by atoms with Crippen molar-refractivity contribution in [1.29, 1.82) is 0 Å². The normalized spacial score (nSPS) is 12.8. The summed E-state index contributed by atoms with van der Waals surface area (Å²) in [7, 11) is 0. The molecule has 0 fully saturated rings. The number of benzene rings is 1. The SMILES string of the molecule is O=C(NCc1ccc2c(c1)OCO2)c1cc2oc(Br)cc2[nH]1. The molecule has 0 saturated heterocycles. The quantitative estimate of drug-likeness (QED) is 0.750. The van der Waals surface area contributed by atoms with Gasteiger partial charge in [0.05, 0.1) is 5.52 Å². The van der Waals surface area contributed by atoms with Crippen molar-refractivity contribution in [3.8, 4) is 11.5 Å². The number of carbonyl (C=O) groups excluding carboxylic acids is 1. The van der Waals surface area contributed by atoms with Gasteiger partial charge in [-0.05, 0) is 33.6 Å². The van der Waals surface area contributed by atoms with Crippen LogP contribution in [0.1, 0.15) is 16.1 Å². The molecule has 0 bridgehead atoms. The van der Waals surface area contributed by atoms with E-state index < -0.39 is 0 Å². The number of aromatic nitrogens is 1. The lowest BCUT2D eigenvalue weighted by Gasteiger charge is -2.05. The van der Waals surface area contributed by atoms with Crippen LogP contribution in [0.2, 0.25) is 0 Å². The molecular weight excluding hydrogens is 352 g/mol. The number of H-pyrrole nitrogens is 1. The fraction of sp³-hybridized carbons (Fsp3) is 0.133. The molecule has 0 unspecified atom stereocenters. The van der Waals surface area contributed by atoms with Crippen molar-refractivity contribution in [3.63, 3.8) is 0 Å². The van der Waals surface area contributed by atoms with Crippen LogP contribution in [0.15, 0.2) is 39.4 Å². The second-order valence-electron chi connectivity index (χ2n) is 4.88. The van der Waals surface area contributed by atoms with Gasteiger partial charge in [0, 0.05) is 18.7 Å². The third kappa shape index (κ3) is 2.33. The zero-order valence-electron chi connectivity index (χ0n) is 11.3. The summed E-state index contributed by atoms with van der Waals surface area (Å²) in [6, 6.07) is 9.05. The molecule has 7 heteroatoms. The zero-order chi connectivity index (χ0) is 15.1. The summed E-state index contributed by atoms with van der Waals surface area (Å²) in [4.78, 5) is 15.2. The molecule has 4 rings (SSSR count). The van der Waals surface area contributed by atoms with Crippen molar-refractivity contribution in [3.05, 3.63) is 46.3 Å². The average molecular weight is 363 g/mol. The minimum absolute atomic E-state index is 0.194. The van der Waals surface area contributed by atoms with E-state index in [4.69, 9.17) is 13.9 Å². The lowest BCUT2D eigenvalue weighted by atomic mass is 10.2. The molecule has 112 valence electrons. The summed E-state index contributed by atoms with van der Waals surface area (Å²) in [5.41, 5.74) is 2.82. The molecule has 3 aromatic rings. The highest BCUT2D eigenvalue weighted by molar-refractivity contribution is 9.10. The Balaban J connectivity index is 1.46. The van der Waals surface area contributed by atoms with Crippen LogP contribution >= 0.6 is 15.9 Å². The maximum absolute atomic E-state index is 12.2. The molecule has 0 saturated carbocycles. The Kier molecular flexibility index (Phi) is 3.07. The summed E-state index contributed by atoms with van der Waals surface area (Å²) >= 11 is 3.24. The molecule has 0 radical (unpaired) electrons. The number of ether oxygens (including phenoxy) is 2. The third-order valence-corrected chi connectivity index (χ3v) is 3.80. The van der Waals surface area contributed by atoms with Crippen LogP contribution in [0.5, 0.6) is 11.5 Å². The number of hydrogen-bond acceptors (Lipinski definition) is 4. The van der Waals surface area contributed by atoms with Gasteiger partial charge in [0.2, 0.25) is 6.79 Å². The van der Waals surface area contributed by atoms with Crippen LogP contribution in [0, 0.1) is 0 Å². The first-order valence-corrected chi connectivity index (χ1v) is 7.43. The van der Waals surface area contributed by atoms with Gasteiger partial charge in [-0.1, -0.05) is 6.07 Å². The van der Waals surface area contributed by atoms with Gasteiger partial charge >= 0.3 is 0 Å². The van der Waals surface area contributed by atoms with Gasteiger partial charge in [-0.25, -0.2) is 0 Å². The number of rotatable bonds is 3. The van der Waals surface area contributed by atoms with Gasteiger partial charge < -0.3 is 24.2 Å². The van der Waals surface area contributed by atoms with Crippen LogP contribution in [-0.4, -0.2) is 17.7 Å². The molecule has 0 aliphatic carbocycles. The highest BCUT2D eigenvalue weighted by Crippen LogP contribution is 2.32. The molecule has 0 atom stereocenters. The standard InChI is InChI=1S/C15H11BrN2O4/c16-14-5-9-12(22-14)4-10(18-9)15(19)17-6-8-1-2-11-13(3-8)21-7-20-11/h1-5,18H,6-7H2,(H,17,19). The first-order valence-electron chi connectivity index (χ1n) is 6.64. The summed E-state index contributed by atoms with van der Waals surface area (Å²) in [6.07, 6.45) is 0. The van der Waals surface area contributed by atoms with Crippen molar-refractivity contribution in [1.82, 2.24) is 10.3 Å². The van der Waals surface area contributed by atoms with Gasteiger partial charge in [-0.2, -0.15) is 0 Å². The number of nitrogens with one attached hydrogen (secondary N) is 2. The van der Waals surface area contributed by atoms with E-state index in [1.807, 2.05) is 18.2 Å². The first kappa shape index (κ1) is 13.3. The Labute approximate surface area is 133 Å². The van der Waals surface area contributed by atoms with Crippen molar-refractivity contribution in [2.75, 3.05) is 6.79 Å². The van der Waals surface area contributed by atoms with Crippen LogP contribution in [-0.2, 0) is 6.54 Å². The minimum Gasteiger partial charge on any atom is -0.454 e. The molecule has 2 aromatic heterocycles. The lowest BCUT2D eigenvalue weighted by molar-refractivity contribution is 0.0946. The molecular formula is C15H11BrN2O4. The predicted octanol–water partition coefficient (Wildman–Crippen LogP) is 3.18. The van der Waals surface area contributed by atoms with Gasteiger partial charge in [0.1, 0.15) is 5.69 Å². The number of fused-ring (bicyclic) bond motifs is 2. The van der Waals surface area contributed by atoms with Gasteiger partial charge in [0.25, 0.3) is 5.91 Å². The van der Waals surface area contributed by atoms with E-state index in [0.29, 0.717) is 28.2 Å². The molecule has 3 heterocycles. The fourth-order valence-corrected chi connectivity index (χ4v) is 2.75. The van der Waals surface area contributed by atoms with Crippen molar-refractivity contribution in [2.45, 2.75) is 6.54 Å². The molecule has 6 nitrogen and oxygen atoms in total. The van der Waals surface area contributed by atoms with Crippen molar-refractivity contribution in [2.24, 2.45) is 0 Å². The van der Waals surface area contributed by atoms with E-state index in [-0.39, 0.29) is 12.7 Å².